The van der Waals surface area contributed by atoms with Crippen molar-refractivity contribution in [1.82, 2.24) is 15.2 Å². The highest BCUT2D eigenvalue weighted by atomic mass is 15.2. The predicted octanol–water partition coefficient (Wildman–Crippen LogP) is 0.990. The maximum atomic E-state index is 5.50. The second-order valence-corrected chi connectivity index (χ2v) is 3.37. The van der Waals surface area contributed by atoms with Crippen molar-refractivity contribution in [1.29, 1.82) is 0 Å². The first-order chi connectivity index (χ1) is 5.65. The van der Waals surface area contributed by atoms with E-state index in [1.54, 1.807) is 0 Å². The van der Waals surface area contributed by atoms with Gasteiger partial charge in [0.25, 0.3) is 0 Å². The molecule has 0 aliphatic heterocycles. The number of rotatable bonds is 3. The van der Waals surface area contributed by atoms with Crippen LogP contribution in [0.25, 0.3) is 0 Å². The number of hydrogen-bond donors (Lipinski definition) is 2. The van der Waals surface area contributed by atoms with Crippen molar-refractivity contribution in [3.63, 3.8) is 0 Å². The van der Waals surface area contributed by atoms with Gasteiger partial charge in [0.2, 0.25) is 0 Å². The highest BCUT2D eigenvalue weighted by molar-refractivity contribution is 4.99. The van der Waals surface area contributed by atoms with E-state index in [9.17, 15) is 0 Å². The fraction of sp³-hybridized carbons (Fsp3) is 0.750. The van der Waals surface area contributed by atoms with Gasteiger partial charge in [-0.3, -0.25) is 5.10 Å². The molecule has 0 amide bonds. The van der Waals surface area contributed by atoms with E-state index in [1.807, 2.05) is 6.92 Å². The van der Waals surface area contributed by atoms with Crippen LogP contribution >= 0.6 is 0 Å². The molecule has 0 fully saturated rings. The average Bonchev–Trinajstić information content (AvgIpc) is 2.51. The standard InChI is InChI=1S/C8H16N4/c1-5(2)7-10-8(12-11-7)6(3)4-9/h5-6H,4,9H2,1-3H3,(H,10,11,12). The molecule has 68 valence electrons. The average molecular weight is 168 g/mol. The summed E-state index contributed by atoms with van der Waals surface area (Å²) in [6.45, 7) is 6.78. The minimum atomic E-state index is 0.269. The van der Waals surface area contributed by atoms with Crippen molar-refractivity contribution >= 4 is 0 Å². The smallest absolute Gasteiger partial charge is 0.153 e. The Hall–Kier alpha value is -0.900. The van der Waals surface area contributed by atoms with Crippen molar-refractivity contribution < 1.29 is 0 Å². The lowest BCUT2D eigenvalue weighted by molar-refractivity contribution is 0.714. The molecule has 1 atom stereocenters. The number of nitrogens with zero attached hydrogens (tertiary/aromatic N) is 2. The lowest BCUT2D eigenvalue weighted by atomic mass is 10.2. The van der Waals surface area contributed by atoms with Gasteiger partial charge in [0.1, 0.15) is 5.82 Å². The Balaban J connectivity index is 2.77. The zero-order valence-corrected chi connectivity index (χ0v) is 7.83. The first-order valence-corrected chi connectivity index (χ1v) is 4.27. The minimum absolute atomic E-state index is 0.269. The van der Waals surface area contributed by atoms with Crippen LogP contribution in [0.3, 0.4) is 0 Å². The summed E-state index contributed by atoms with van der Waals surface area (Å²) < 4.78 is 0. The number of aromatic amines is 1. The molecule has 0 aliphatic carbocycles. The molecule has 1 unspecified atom stereocenters. The second-order valence-electron chi connectivity index (χ2n) is 3.37. The van der Waals surface area contributed by atoms with Crippen LogP contribution in [0.4, 0.5) is 0 Å². The van der Waals surface area contributed by atoms with E-state index in [2.05, 4.69) is 29.0 Å². The Morgan fingerprint density at radius 3 is 2.50 bits per heavy atom. The van der Waals surface area contributed by atoms with Crippen LogP contribution in [-0.4, -0.2) is 21.7 Å². The molecule has 0 spiro atoms. The Bertz CT molecular complexity index is 241. The van der Waals surface area contributed by atoms with Gasteiger partial charge < -0.3 is 5.73 Å². The van der Waals surface area contributed by atoms with Crippen LogP contribution in [-0.2, 0) is 0 Å². The van der Waals surface area contributed by atoms with E-state index >= 15 is 0 Å². The normalized spacial score (nSPS) is 13.8. The Morgan fingerprint density at radius 2 is 2.08 bits per heavy atom. The van der Waals surface area contributed by atoms with Gasteiger partial charge >= 0.3 is 0 Å². The summed E-state index contributed by atoms with van der Waals surface area (Å²) >= 11 is 0. The highest BCUT2D eigenvalue weighted by Gasteiger charge is 2.10. The van der Waals surface area contributed by atoms with Crippen LogP contribution in [0.2, 0.25) is 0 Å². The first kappa shape index (κ1) is 9.19. The van der Waals surface area contributed by atoms with Crippen molar-refractivity contribution in [2.45, 2.75) is 32.6 Å². The summed E-state index contributed by atoms with van der Waals surface area (Å²) in [5.41, 5.74) is 5.50. The second kappa shape index (κ2) is 3.67. The van der Waals surface area contributed by atoms with E-state index < -0.39 is 0 Å². The molecule has 1 aromatic heterocycles. The molecule has 0 saturated carbocycles. The quantitative estimate of drug-likeness (QED) is 0.707. The Morgan fingerprint density at radius 1 is 1.42 bits per heavy atom. The summed E-state index contributed by atoms with van der Waals surface area (Å²) in [4.78, 5) is 4.33. The van der Waals surface area contributed by atoms with Crippen LogP contribution in [0, 0.1) is 0 Å². The number of H-pyrrole nitrogens is 1. The molecular formula is C8H16N4. The van der Waals surface area contributed by atoms with Gasteiger partial charge in [-0.1, -0.05) is 20.8 Å². The minimum Gasteiger partial charge on any atom is -0.330 e. The largest absolute Gasteiger partial charge is 0.330 e. The molecule has 1 rings (SSSR count). The molecule has 1 heterocycles. The van der Waals surface area contributed by atoms with Gasteiger partial charge in [0, 0.05) is 18.4 Å². The Labute approximate surface area is 72.6 Å². The van der Waals surface area contributed by atoms with E-state index in [0.717, 1.165) is 11.6 Å². The van der Waals surface area contributed by atoms with Gasteiger partial charge in [-0.25, -0.2) is 4.98 Å². The van der Waals surface area contributed by atoms with Crippen LogP contribution < -0.4 is 5.73 Å². The van der Waals surface area contributed by atoms with Crippen molar-refractivity contribution in [2.24, 2.45) is 5.73 Å². The SMILES string of the molecule is CC(C)c1n[nH]c(C(C)CN)n1. The molecule has 4 heteroatoms. The third kappa shape index (κ3) is 1.82. The van der Waals surface area contributed by atoms with Gasteiger partial charge in [-0.15, -0.1) is 0 Å². The van der Waals surface area contributed by atoms with Crippen molar-refractivity contribution in [3.8, 4) is 0 Å². The van der Waals surface area contributed by atoms with E-state index in [1.165, 1.54) is 0 Å². The predicted molar refractivity (Wildman–Crippen MR) is 47.9 cm³/mol. The summed E-state index contributed by atoms with van der Waals surface area (Å²) in [5.74, 6) is 2.40. The number of nitrogens with one attached hydrogen (secondary N) is 1. The summed E-state index contributed by atoms with van der Waals surface area (Å²) in [5, 5.41) is 6.99. The lowest BCUT2D eigenvalue weighted by Gasteiger charge is -2.01. The monoisotopic (exact) mass is 168 g/mol. The van der Waals surface area contributed by atoms with Crippen LogP contribution in [0.15, 0.2) is 0 Å². The molecule has 4 nitrogen and oxygen atoms in total. The lowest BCUT2D eigenvalue weighted by Crippen LogP contribution is -2.10. The van der Waals surface area contributed by atoms with Gasteiger partial charge in [-0.2, -0.15) is 5.10 Å². The van der Waals surface area contributed by atoms with E-state index in [0.29, 0.717) is 12.5 Å². The van der Waals surface area contributed by atoms with Gasteiger partial charge in [0.05, 0.1) is 0 Å². The summed E-state index contributed by atoms with van der Waals surface area (Å²) in [7, 11) is 0. The maximum absolute atomic E-state index is 5.50. The van der Waals surface area contributed by atoms with Gasteiger partial charge in [0.15, 0.2) is 5.82 Å². The third-order valence-electron chi connectivity index (χ3n) is 1.86. The zero-order chi connectivity index (χ0) is 9.14. The molecule has 0 bridgehead atoms. The van der Waals surface area contributed by atoms with Gasteiger partial charge in [-0.05, 0) is 0 Å². The van der Waals surface area contributed by atoms with Crippen LogP contribution in [0.1, 0.15) is 44.3 Å². The summed E-state index contributed by atoms with van der Waals surface area (Å²) in [6.07, 6.45) is 0. The fourth-order valence-electron chi connectivity index (χ4n) is 0.878. The molecular weight excluding hydrogens is 152 g/mol. The Kier molecular flexibility index (Phi) is 2.81. The maximum Gasteiger partial charge on any atom is 0.153 e. The highest BCUT2D eigenvalue weighted by Crippen LogP contribution is 2.12. The first-order valence-electron chi connectivity index (χ1n) is 4.27. The summed E-state index contributed by atoms with van der Waals surface area (Å²) in [6, 6.07) is 0. The number of nitrogens with two attached hydrogens (primary N) is 1. The number of hydrogen-bond acceptors (Lipinski definition) is 3. The van der Waals surface area contributed by atoms with E-state index in [4.69, 9.17) is 5.73 Å². The zero-order valence-electron chi connectivity index (χ0n) is 7.83. The molecule has 0 aliphatic rings. The topological polar surface area (TPSA) is 67.6 Å². The molecule has 1 aromatic rings. The third-order valence-corrected chi connectivity index (χ3v) is 1.86. The molecule has 3 N–H and O–H groups in total. The van der Waals surface area contributed by atoms with E-state index in [-0.39, 0.29) is 5.92 Å². The molecule has 0 radical (unpaired) electrons. The molecule has 12 heavy (non-hydrogen) atoms. The number of aromatic nitrogens is 3. The fourth-order valence-corrected chi connectivity index (χ4v) is 0.878. The van der Waals surface area contributed by atoms with Crippen LogP contribution in [0.5, 0.6) is 0 Å². The van der Waals surface area contributed by atoms with Crippen molar-refractivity contribution in [3.05, 3.63) is 11.6 Å². The molecule has 0 saturated heterocycles. The van der Waals surface area contributed by atoms with Crippen molar-refractivity contribution in [2.75, 3.05) is 6.54 Å². The molecule has 0 aromatic carbocycles.